The highest BCUT2D eigenvalue weighted by atomic mass is 35.5. The van der Waals surface area contributed by atoms with Crippen LogP contribution in [-0.2, 0) is 10.0 Å². The van der Waals surface area contributed by atoms with Crippen molar-refractivity contribution < 1.29 is 17.9 Å². The molecule has 8 heteroatoms. The molecule has 0 heterocycles. The molecule has 0 saturated heterocycles. The Balaban J connectivity index is 2.13. The van der Waals surface area contributed by atoms with Crippen LogP contribution in [0.1, 0.15) is 22.8 Å². The van der Waals surface area contributed by atoms with Crippen molar-refractivity contribution in [2.24, 2.45) is 0 Å². The smallest absolute Gasteiger partial charge is 0.272 e. The summed E-state index contributed by atoms with van der Waals surface area (Å²) >= 11 is 12.0. The largest absolute Gasteiger partial charge is 0.494 e. The van der Waals surface area contributed by atoms with Gasteiger partial charge < -0.3 is 4.74 Å². The molecular weight excluding hydrogens is 445 g/mol. The summed E-state index contributed by atoms with van der Waals surface area (Å²) in [5, 5.41) is 0.420. The zero-order valence-electron chi connectivity index (χ0n) is 16.3. The van der Waals surface area contributed by atoms with Gasteiger partial charge in [0.05, 0.1) is 27.2 Å². The molecule has 0 spiro atoms. The number of ether oxygens (including phenoxy) is 1. The lowest BCUT2D eigenvalue weighted by Gasteiger charge is -2.23. The lowest BCUT2D eigenvalue weighted by molar-refractivity contribution is 0.101. The van der Waals surface area contributed by atoms with Crippen molar-refractivity contribution in [3.05, 3.63) is 87.9 Å². The fourth-order valence-electron chi connectivity index (χ4n) is 2.77. The number of rotatable bonds is 6. The molecule has 0 fully saturated rings. The van der Waals surface area contributed by atoms with Crippen LogP contribution in [0, 0.1) is 6.92 Å². The van der Waals surface area contributed by atoms with E-state index in [0.717, 1.165) is 9.87 Å². The van der Waals surface area contributed by atoms with Gasteiger partial charge in [-0.2, -0.15) is 4.31 Å². The molecule has 3 rings (SSSR count). The molecule has 0 radical (unpaired) electrons. The minimum Gasteiger partial charge on any atom is -0.494 e. The van der Waals surface area contributed by atoms with Gasteiger partial charge in [0.15, 0.2) is 0 Å². The summed E-state index contributed by atoms with van der Waals surface area (Å²) in [6, 6.07) is 16.8. The first-order valence-corrected chi connectivity index (χ1v) is 11.3. The summed E-state index contributed by atoms with van der Waals surface area (Å²) in [5.74, 6) is -0.186. The van der Waals surface area contributed by atoms with Crippen molar-refractivity contribution >= 4 is 44.8 Å². The summed E-state index contributed by atoms with van der Waals surface area (Å²) in [5.41, 5.74) is 1.17. The topological polar surface area (TPSA) is 63.7 Å². The predicted molar refractivity (Wildman–Crippen MR) is 119 cm³/mol. The van der Waals surface area contributed by atoms with Crippen LogP contribution in [0.5, 0.6) is 5.75 Å². The molecule has 0 aliphatic heterocycles. The Kier molecular flexibility index (Phi) is 6.71. The molecule has 3 aromatic carbocycles. The number of hydrogen-bond donors (Lipinski definition) is 0. The van der Waals surface area contributed by atoms with Crippen molar-refractivity contribution in [1.82, 2.24) is 0 Å². The highest BCUT2D eigenvalue weighted by molar-refractivity contribution is 7.93. The van der Waals surface area contributed by atoms with Gasteiger partial charge in [-0.1, -0.05) is 40.9 Å². The molecule has 0 bridgehead atoms. The first kappa shape index (κ1) is 22.2. The number of benzene rings is 3. The third kappa shape index (κ3) is 4.61. The molecule has 0 unspecified atom stereocenters. The zero-order valence-corrected chi connectivity index (χ0v) is 18.6. The van der Waals surface area contributed by atoms with Gasteiger partial charge in [0.2, 0.25) is 0 Å². The Bertz CT molecular complexity index is 1160. The van der Waals surface area contributed by atoms with E-state index in [1.807, 2.05) is 13.8 Å². The first-order valence-electron chi connectivity index (χ1n) is 9.08. The van der Waals surface area contributed by atoms with E-state index in [9.17, 15) is 13.2 Å². The fourth-order valence-corrected chi connectivity index (χ4v) is 4.48. The number of halogens is 2. The van der Waals surface area contributed by atoms with Gasteiger partial charge >= 0.3 is 0 Å². The van der Waals surface area contributed by atoms with Gasteiger partial charge in [-0.15, -0.1) is 0 Å². The Morgan fingerprint density at radius 1 is 0.933 bits per heavy atom. The minimum atomic E-state index is -4.20. The van der Waals surface area contributed by atoms with E-state index >= 15 is 0 Å². The number of hydrogen-bond acceptors (Lipinski definition) is 4. The highest BCUT2D eigenvalue weighted by Gasteiger charge is 2.32. The lowest BCUT2D eigenvalue weighted by atomic mass is 10.2. The molecular formula is C22H19Cl2NO4S. The van der Waals surface area contributed by atoms with Crippen molar-refractivity contribution in [2.45, 2.75) is 18.7 Å². The van der Waals surface area contributed by atoms with Crippen molar-refractivity contribution in [3.8, 4) is 5.75 Å². The van der Waals surface area contributed by atoms with E-state index in [4.69, 9.17) is 27.9 Å². The van der Waals surface area contributed by atoms with E-state index < -0.39 is 15.9 Å². The van der Waals surface area contributed by atoms with Crippen LogP contribution in [0.4, 0.5) is 5.69 Å². The maximum atomic E-state index is 13.4. The SMILES string of the molecule is CCOc1ccc(N(C(=O)c2ccc(Cl)c(Cl)c2)S(=O)(=O)c2ccc(C)cc2)cc1. The van der Waals surface area contributed by atoms with Crippen LogP contribution in [0.3, 0.4) is 0 Å². The van der Waals surface area contributed by atoms with E-state index in [0.29, 0.717) is 12.4 Å². The van der Waals surface area contributed by atoms with Crippen LogP contribution < -0.4 is 9.04 Å². The van der Waals surface area contributed by atoms with Crippen molar-refractivity contribution in [1.29, 1.82) is 0 Å². The molecule has 0 saturated carbocycles. The van der Waals surface area contributed by atoms with Gasteiger partial charge in [-0.05, 0) is 68.4 Å². The van der Waals surface area contributed by atoms with Gasteiger partial charge in [0.25, 0.3) is 15.9 Å². The molecule has 1 amide bonds. The van der Waals surface area contributed by atoms with Gasteiger partial charge in [-0.25, -0.2) is 8.42 Å². The minimum absolute atomic E-state index is 0.00426. The average Bonchev–Trinajstić information content (AvgIpc) is 2.72. The highest BCUT2D eigenvalue weighted by Crippen LogP contribution is 2.30. The second kappa shape index (κ2) is 9.08. The second-order valence-corrected chi connectivity index (χ2v) is 9.04. The number of amides is 1. The molecule has 3 aromatic rings. The standard InChI is InChI=1S/C22H19Cl2NO4S/c1-3-29-18-9-7-17(8-10-18)25(22(26)16-6-13-20(23)21(24)14-16)30(27,28)19-11-4-15(2)5-12-19/h4-14H,3H2,1-2H3. The quantitative estimate of drug-likeness (QED) is 0.467. The third-order valence-corrected chi connectivity index (χ3v) is 6.76. The fraction of sp³-hybridized carbons (Fsp3) is 0.136. The molecule has 30 heavy (non-hydrogen) atoms. The lowest BCUT2D eigenvalue weighted by Crippen LogP contribution is -2.37. The predicted octanol–water partition coefficient (Wildman–Crippen LogP) is 5.74. The summed E-state index contributed by atoms with van der Waals surface area (Å²) in [6.07, 6.45) is 0. The van der Waals surface area contributed by atoms with Crippen LogP contribution in [0.2, 0.25) is 10.0 Å². The van der Waals surface area contributed by atoms with E-state index in [2.05, 4.69) is 0 Å². The van der Waals surface area contributed by atoms with Crippen LogP contribution >= 0.6 is 23.2 Å². The molecule has 0 aliphatic carbocycles. The number of anilines is 1. The monoisotopic (exact) mass is 463 g/mol. The molecule has 5 nitrogen and oxygen atoms in total. The number of sulfonamides is 1. The number of aryl methyl sites for hydroxylation is 1. The molecule has 0 aliphatic rings. The summed E-state index contributed by atoms with van der Waals surface area (Å²) < 4.78 is 33.0. The average molecular weight is 464 g/mol. The second-order valence-electron chi connectivity index (χ2n) is 6.44. The van der Waals surface area contributed by atoms with Crippen LogP contribution in [-0.4, -0.2) is 20.9 Å². The Morgan fingerprint density at radius 2 is 1.57 bits per heavy atom. The normalized spacial score (nSPS) is 11.2. The van der Waals surface area contributed by atoms with Crippen molar-refractivity contribution in [3.63, 3.8) is 0 Å². The molecule has 0 atom stereocenters. The third-order valence-electron chi connectivity index (χ3n) is 4.29. The van der Waals surface area contributed by atoms with E-state index in [1.54, 1.807) is 24.3 Å². The Labute approximate surface area is 185 Å². The molecule has 0 N–H and O–H groups in total. The Morgan fingerprint density at radius 3 is 2.13 bits per heavy atom. The maximum absolute atomic E-state index is 13.4. The van der Waals surface area contributed by atoms with E-state index in [1.165, 1.54) is 42.5 Å². The van der Waals surface area contributed by atoms with Gasteiger partial charge in [0.1, 0.15) is 5.75 Å². The van der Waals surface area contributed by atoms with E-state index in [-0.39, 0.29) is 26.2 Å². The summed E-state index contributed by atoms with van der Waals surface area (Å²) in [4.78, 5) is 13.3. The summed E-state index contributed by atoms with van der Waals surface area (Å²) in [7, 11) is -4.20. The number of nitrogens with zero attached hydrogens (tertiary/aromatic N) is 1. The van der Waals surface area contributed by atoms with Gasteiger partial charge in [0, 0.05) is 5.56 Å². The van der Waals surface area contributed by atoms with Crippen LogP contribution in [0.15, 0.2) is 71.6 Å². The van der Waals surface area contributed by atoms with Crippen molar-refractivity contribution in [2.75, 3.05) is 10.9 Å². The summed E-state index contributed by atoms with van der Waals surface area (Å²) in [6.45, 7) is 4.16. The Hall–Kier alpha value is -2.54. The van der Waals surface area contributed by atoms with Crippen LogP contribution in [0.25, 0.3) is 0 Å². The number of carbonyl (C=O) groups is 1. The molecule has 0 aromatic heterocycles. The maximum Gasteiger partial charge on any atom is 0.272 e. The first-order chi connectivity index (χ1) is 14.2. The molecule has 156 valence electrons. The zero-order chi connectivity index (χ0) is 21.9. The number of carbonyl (C=O) groups excluding carboxylic acids is 1. The van der Waals surface area contributed by atoms with Gasteiger partial charge in [-0.3, -0.25) is 4.79 Å².